The van der Waals surface area contributed by atoms with Gasteiger partial charge in [0.05, 0.1) is 4.92 Å². The van der Waals surface area contributed by atoms with E-state index in [0.29, 0.717) is 17.7 Å². The van der Waals surface area contributed by atoms with Crippen LogP contribution in [0.4, 0.5) is 11.4 Å². The first-order valence-electron chi connectivity index (χ1n) is 9.55. The summed E-state index contributed by atoms with van der Waals surface area (Å²) in [6.45, 7) is 7.35. The van der Waals surface area contributed by atoms with Gasteiger partial charge in [-0.05, 0) is 24.1 Å². The number of nitro benzene ring substituents is 1. The maximum absolute atomic E-state index is 12.2. The monoisotopic (exact) mass is 382 g/mol. The van der Waals surface area contributed by atoms with Crippen molar-refractivity contribution in [3.05, 3.63) is 69.8 Å². The van der Waals surface area contributed by atoms with E-state index in [9.17, 15) is 14.9 Å². The van der Waals surface area contributed by atoms with Gasteiger partial charge in [-0.15, -0.1) is 0 Å². The molecule has 0 aliphatic carbocycles. The van der Waals surface area contributed by atoms with E-state index in [0.717, 1.165) is 39.3 Å². The predicted molar refractivity (Wildman–Crippen MR) is 109 cm³/mol. The number of non-ortho nitro benzene ring substituents is 1. The van der Waals surface area contributed by atoms with Crippen molar-refractivity contribution < 1.29 is 9.72 Å². The van der Waals surface area contributed by atoms with Crippen LogP contribution in [0.3, 0.4) is 0 Å². The van der Waals surface area contributed by atoms with Crippen LogP contribution in [0.25, 0.3) is 0 Å². The van der Waals surface area contributed by atoms with Crippen LogP contribution in [-0.2, 0) is 11.3 Å². The molecule has 0 bridgehead atoms. The Morgan fingerprint density at radius 1 is 1.07 bits per heavy atom. The average Bonchev–Trinajstić information content (AvgIpc) is 2.69. The second-order valence-electron chi connectivity index (χ2n) is 7.16. The fourth-order valence-electron chi connectivity index (χ4n) is 3.39. The van der Waals surface area contributed by atoms with Crippen molar-refractivity contribution in [2.45, 2.75) is 19.9 Å². The number of piperazine rings is 1. The Morgan fingerprint density at radius 2 is 1.75 bits per heavy atom. The zero-order valence-corrected chi connectivity index (χ0v) is 16.1. The molecule has 0 aromatic heterocycles. The molecule has 0 radical (unpaired) electrons. The summed E-state index contributed by atoms with van der Waals surface area (Å²) in [5.74, 6) is -0.0660. The number of nitrogens with zero attached hydrogens (tertiary/aromatic N) is 3. The third-order valence-electron chi connectivity index (χ3n) is 5.06. The normalized spacial score (nSPS) is 15.3. The molecule has 1 amide bonds. The van der Waals surface area contributed by atoms with Crippen LogP contribution in [-0.4, -0.2) is 53.4 Å². The molecule has 7 nitrogen and oxygen atoms in total. The first-order chi connectivity index (χ1) is 13.5. The highest BCUT2D eigenvalue weighted by molar-refractivity contribution is 5.91. The number of nitrogens with one attached hydrogen (secondary N) is 1. The first kappa shape index (κ1) is 20.0. The second kappa shape index (κ2) is 9.43. The quantitative estimate of drug-likeness (QED) is 0.588. The summed E-state index contributed by atoms with van der Waals surface area (Å²) in [6, 6.07) is 14.9. The van der Waals surface area contributed by atoms with Crippen LogP contribution in [0, 0.1) is 17.0 Å². The van der Waals surface area contributed by atoms with E-state index < -0.39 is 4.92 Å². The van der Waals surface area contributed by atoms with Gasteiger partial charge in [-0.25, -0.2) is 0 Å². The number of hydrogen-bond acceptors (Lipinski definition) is 5. The fourth-order valence-corrected chi connectivity index (χ4v) is 3.39. The minimum absolute atomic E-state index is 0.0314. The van der Waals surface area contributed by atoms with Crippen LogP contribution >= 0.6 is 0 Å². The van der Waals surface area contributed by atoms with Crippen LogP contribution in [0.1, 0.15) is 17.5 Å². The van der Waals surface area contributed by atoms with Gasteiger partial charge in [0.1, 0.15) is 0 Å². The molecule has 0 spiro atoms. The molecule has 28 heavy (non-hydrogen) atoms. The van der Waals surface area contributed by atoms with E-state index in [-0.39, 0.29) is 11.6 Å². The molecule has 0 saturated carbocycles. The number of nitro groups is 1. The topological polar surface area (TPSA) is 78.7 Å². The average molecular weight is 382 g/mol. The van der Waals surface area contributed by atoms with Gasteiger partial charge in [0, 0.05) is 63.5 Å². The molecule has 0 atom stereocenters. The maximum atomic E-state index is 12.2. The summed E-state index contributed by atoms with van der Waals surface area (Å²) in [6.07, 6.45) is 0.412. The van der Waals surface area contributed by atoms with Crippen molar-refractivity contribution in [2.75, 3.05) is 38.0 Å². The molecule has 2 aromatic rings. The molecule has 1 heterocycles. The lowest BCUT2D eigenvalue weighted by Gasteiger charge is -2.34. The molecule has 148 valence electrons. The van der Waals surface area contributed by atoms with Crippen LogP contribution in [0.15, 0.2) is 48.5 Å². The molecule has 1 N–H and O–H groups in total. The Morgan fingerprint density at radius 3 is 2.39 bits per heavy atom. The van der Waals surface area contributed by atoms with E-state index in [1.807, 2.05) is 6.07 Å². The molecule has 7 heteroatoms. The van der Waals surface area contributed by atoms with Gasteiger partial charge in [0.25, 0.3) is 5.69 Å². The molecular weight excluding hydrogens is 356 g/mol. The SMILES string of the molecule is Cc1cc([N+](=O)[O-])ccc1NC(=O)CCN1CCN(Cc2ccccc2)CC1. The summed E-state index contributed by atoms with van der Waals surface area (Å²) in [5.41, 5.74) is 2.68. The highest BCUT2D eigenvalue weighted by atomic mass is 16.6. The number of benzene rings is 2. The van der Waals surface area contributed by atoms with Crippen molar-refractivity contribution in [3.63, 3.8) is 0 Å². The van der Waals surface area contributed by atoms with Gasteiger partial charge >= 0.3 is 0 Å². The predicted octanol–water partition coefficient (Wildman–Crippen LogP) is 3.05. The maximum Gasteiger partial charge on any atom is 0.269 e. The Hall–Kier alpha value is -2.77. The molecular formula is C21H26N4O3. The molecule has 2 aromatic carbocycles. The summed E-state index contributed by atoms with van der Waals surface area (Å²) in [4.78, 5) is 27.4. The molecule has 1 aliphatic rings. The van der Waals surface area contributed by atoms with E-state index in [1.165, 1.54) is 17.7 Å². The zero-order valence-electron chi connectivity index (χ0n) is 16.1. The molecule has 0 unspecified atom stereocenters. The standard InChI is InChI=1S/C21H26N4O3/c1-17-15-19(25(27)28)7-8-20(17)22-21(26)9-10-23-11-13-24(14-12-23)16-18-5-3-2-4-6-18/h2-8,15H,9-14,16H2,1H3,(H,22,26). The van der Waals surface area contributed by atoms with E-state index in [1.54, 1.807) is 13.0 Å². The number of amides is 1. The van der Waals surface area contributed by atoms with Crippen LogP contribution < -0.4 is 5.32 Å². The van der Waals surface area contributed by atoms with E-state index in [2.05, 4.69) is 39.4 Å². The smallest absolute Gasteiger partial charge is 0.269 e. The lowest BCUT2D eigenvalue weighted by molar-refractivity contribution is -0.384. The second-order valence-corrected chi connectivity index (χ2v) is 7.16. The van der Waals surface area contributed by atoms with Gasteiger partial charge in [0.15, 0.2) is 0 Å². The highest BCUT2D eigenvalue weighted by Crippen LogP contribution is 2.21. The number of rotatable bonds is 7. The number of aryl methyl sites for hydroxylation is 1. The first-order valence-corrected chi connectivity index (χ1v) is 9.55. The van der Waals surface area contributed by atoms with Crippen molar-refractivity contribution >= 4 is 17.3 Å². The Labute approximate surface area is 165 Å². The number of carbonyl (C=O) groups is 1. The third kappa shape index (κ3) is 5.61. The lowest BCUT2D eigenvalue weighted by atomic mass is 10.1. The van der Waals surface area contributed by atoms with Crippen molar-refractivity contribution in [3.8, 4) is 0 Å². The Bertz CT molecular complexity index is 818. The number of anilines is 1. The van der Waals surface area contributed by atoms with Crippen molar-refractivity contribution in [1.29, 1.82) is 0 Å². The lowest BCUT2D eigenvalue weighted by Crippen LogP contribution is -2.46. The molecule has 3 rings (SSSR count). The van der Waals surface area contributed by atoms with E-state index in [4.69, 9.17) is 0 Å². The number of hydrogen-bond donors (Lipinski definition) is 1. The molecule has 1 aliphatic heterocycles. The largest absolute Gasteiger partial charge is 0.326 e. The highest BCUT2D eigenvalue weighted by Gasteiger charge is 2.18. The summed E-state index contributed by atoms with van der Waals surface area (Å²) in [5, 5.41) is 13.7. The van der Waals surface area contributed by atoms with Gasteiger partial charge in [-0.1, -0.05) is 30.3 Å². The minimum Gasteiger partial charge on any atom is -0.326 e. The summed E-state index contributed by atoms with van der Waals surface area (Å²) < 4.78 is 0. The van der Waals surface area contributed by atoms with Crippen LogP contribution in [0.2, 0.25) is 0 Å². The van der Waals surface area contributed by atoms with Gasteiger partial charge in [0.2, 0.25) is 5.91 Å². The van der Waals surface area contributed by atoms with Crippen LogP contribution in [0.5, 0.6) is 0 Å². The summed E-state index contributed by atoms with van der Waals surface area (Å²) in [7, 11) is 0. The Balaban J connectivity index is 1.40. The number of carbonyl (C=O) groups excluding carboxylic acids is 1. The van der Waals surface area contributed by atoms with Crippen molar-refractivity contribution in [1.82, 2.24) is 9.80 Å². The summed E-state index contributed by atoms with van der Waals surface area (Å²) >= 11 is 0. The third-order valence-corrected chi connectivity index (χ3v) is 5.06. The Kier molecular flexibility index (Phi) is 6.73. The van der Waals surface area contributed by atoms with Gasteiger partial charge in [-0.2, -0.15) is 0 Å². The van der Waals surface area contributed by atoms with Gasteiger partial charge < -0.3 is 10.2 Å². The molecule has 1 fully saturated rings. The van der Waals surface area contributed by atoms with E-state index >= 15 is 0 Å². The fraction of sp³-hybridized carbons (Fsp3) is 0.381. The van der Waals surface area contributed by atoms with Gasteiger partial charge in [-0.3, -0.25) is 19.8 Å². The van der Waals surface area contributed by atoms with Crippen molar-refractivity contribution in [2.24, 2.45) is 0 Å². The minimum atomic E-state index is -0.434. The molecule has 1 saturated heterocycles. The zero-order chi connectivity index (χ0) is 19.9.